The lowest BCUT2D eigenvalue weighted by molar-refractivity contribution is 0.291. The van der Waals surface area contributed by atoms with E-state index < -0.39 is 0 Å². The number of hydrogen-bond donors (Lipinski definition) is 1. The van der Waals surface area contributed by atoms with Gasteiger partial charge < -0.3 is 15.5 Å². The van der Waals surface area contributed by atoms with Crippen LogP contribution in [-0.4, -0.2) is 28.2 Å². The predicted molar refractivity (Wildman–Crippen MR) is 99.6 cm³/mol. The van der Waals surface area contributed by atoms with Crippen molar-refractivity contribution in [3.63, 3.8) is 0 Å². The van der Waals surface area contributed by atoms with Crippen molar-refractivity contribution in [3.8, 4) is 5.75 Å². The van der Waals surface area contributed by atoms with Gasteiger partial charge in [-0.25, -0.2) is 9.66 Å². The van der Waals surface area contributed by atoms with Gasteiger partial charge in [-0.3, -0.25) is 4.79 Å². The Hall–Kier alpha value is -2.38. The molecule has 0 fully saturated rings. The molecule has 0 radical (unpaired) electrons. The third-order valence-corrected chi connectivity index (χ3v) is 5.67. The lowest BCUT2D eigenvalue weighted by Gasteiger charge is -2.21. The third-order valence-electron chi connectivity index (χ3n) is 4.56. The van der Waals surface area contributed by atoms with Gasteiger partial charge in [0.05, 0.1) is 5.39 Å². The number of aryl methyl sites for hydroxylation is 1. The summed E-state index contributed by atoms with van der Waals surface area (Å²) in [6, 6.07) is 7.75. The van der Waals surface area contributed by atoms with Crippen LogP contribution < -0.4 is 16.1 Å². The molecule has 0 atom stereocenters. The molecule has 4 rings (SSSR count). The highest BCUT2D eigenvalue weighted by Crippen LogP contribution is 2.32. The number of thiophene rings is 1. The van der Waals surface area contributed by atoms with E-state index in [1.807, 2.05) is 31.2 Å². The summed E-state index contributed by atoms with van der Waals surface area (Å²) in [6.45, 7) is 3.98. The first kappa shape index (κ1) is 16.1. The van der Waals surface area contributed by atoms with Crippen molar-refractivity contribution in [3.05, 3.63) is 56.4 Å². The number of ether oxygens (including phenoxy) is 1. The van der Waals surface area contributed by atoms with Crippen LogP contribution in [0.15, 0.2) is 29.1 Å². The molecular formula is C18H20N4O2S. The Bertz CT molecular complexity index is 991. The second kappa shape index (κ2) is 6.16. The highest BCUT2D eigenvalue weighted by atomic mass is 32.1. The van der Waals surface area contributed by atoms with Gasteiger partial charge >= 0.3 is 0 Å². The normalized spacial score (nSPS) is 14.6. The van der Waals surface area contributed by atoms with Gasteiger partial charge in [0, 0.05) is 18.0 Å². The lowest BCUT2D eigenvalue weighted by atomic mass is 10.1. The number of fused-ring (bicyclic) bond motifs is 3. The Balaban J connectivity index is 1.69. The number of nitrogen functional groups attached to an aromatic ring is 1. The van der Waals surface area contributed by atoms with Crippen LogP contribution in [0.2, 0.25) is 0 Å². The van der Waals surface area contributed by atoms with E-state index in [0.29, 0.717) is 11.2 Å². The van der Waals surface area contributed by atoms with Crippen molar-refractivity contribution >= 4 is 21.6 Å². The maximum absolute atomic E-state index is 12.8. The molecule has 0 unspecified atom stereocenters. The minimum Gasteiger partial charge on any atom is -0.486 e. The molecule has 1 aromatic carbocycles. The van der Waals surface area contributed by atoms with Gasteiger partial charge in [-0.1, -0.05) is 17.7 Å². The van der Waals surface area contributed by atoms with E-state index in [9.17, 15) is 4.79 Å². The molecule has 2 aromatic heterocycles. The fourth-order valence-corrected chi connectivity index (χ4v) is 4.42. The topological polar surface area (TPSA) is 73.4 Å². The van der Waals surface area contributed by atoms with Crippen molar-refractivity contribution < 1.29 is 4.74 Å². The average Bonchev–Trinajstić information content (AvgIpc) is 2.95. The monoisotopic (exact) mass is 356 g/mol. The summed E-state index contributed by atoms with van der Waals surface area (Å²) in [5, 5.41) is 0.676. The molecule has 0 bridgehead atoms. The molecule has 25 heavy (non-hydrogen) atoms. The Morgan fingerprint density at radius 1 is 1.32 bits per heavy atom. The molecule has 3 heterocycles. The minimum atomic E-state index is -0.186. The van der Waals surface area contributed by atoms with Crippen molar-refractivity contribution in [2.24, 2.45) is 0 Å². The fraction of sp³-hybridized carbons (Fsp3) is 0.333. The van der Waals surface area contributed by atoms with E-state index in [1.165, 1.54) is 4.88 Å². The molecule has 1 aliphatic rings. The molecule has 0 spiro atoms. The largest absolute Gasteiger partial charge is 0.486 e. The minimum absolute atomic E-state index is 0.160. The number of hydrogen-bond acceptors (Lipinski definition) is 6. The first-order valence-electron chi connectivity index (χ1n) is 8.22. The van der Waals surface area contributed by atoms with Gasteiger partial charge in [0.15, 0.2) is 5.82 Å². The Morgan fingerprint density at radius 2 is 2.08 bits per heavy atom. The number of nitrogens with two attached hydrogens (primary N) is 1. The molecule has 0 saturated heterocycles. The summed E-state index contributed by atoms with van der Waals surface area (Å²) in [5.74, 6) is 7.18. The number of benzene rings is 1. The predicted octanol–water partition coefficient (Wildman–Crippen LogP) is 2.05. The molecule has 6 nitrogen and oxygen atoms in total. The maximum atomic E-state index is 12.8. The van der Waals surface area contributed by atoms with Gasteiger partial charge in [0.25, 0.3) is 5.56 Å². The van der Waals surface area contributed by atoms with E-state index in [2.05, 4.69) is 16.9 Å². The van der Waals surface area contributed by atoms with E-state index >= 15 is 0 Å². The number of rotatable bonds is 3. The first-order chi connectivity index (χ1) is 12.0. The summed E-state index contributed by atoms with van der Waals surface area (Å²) in [7, 11) is 2.09. The van der Waals surface area contributed by atoms with Crippen LogP contribution in [0.3, 0.4) is 0 Å². The number of nitrogens with zero attached hydrogens (tertiary/aromatic N) is 3. The molecule has 2 N–H and O–H groups in total. The summed E-state index contributed by atoms with van der Waals surface area (Å²) in [4.78, 5) is 21.6. The number of likely N-dealkylation sites (N-methyl/N-ethyl adjacent to an activating group) is 1. The lowest BCUT2D eigenvalue weighted by Crippen LogP contribution is -2.33. The maximum Gasteiger partial charge on any atom is 0.281 e. The van der Waals surface area contributed by atoms with E-state index in [-0.39, 0.29) is 12.2 Å². The fourth-order valence-electron chi connectivity index (χ4n) is 3.11. The second-order valence-electron chi connectivity index (χ2n) is 6.48. The van der Waals surface area contributed by atoms with Crippen molar-refractivity contribution in [2.45, 2.75) is 26.5 Å². The Morgan fingerprint density at radius 3 is 2.84 bits per heavy atom. The van der Waals surface area contributed by atoms with Crippen LogP contribution in [0.1, 0.15) is 21.8 Å². The highest BCUT2D eigenvalue weighted by Gasteiger charge is 2.23. The first-order valence-corrected chi connectivity index (χ1v) is 9.04. The molecule has 7 heteroatoms. The van der Waals surface area contributed by atoms with Crippen LogP contribution in [0.4, 0.5) is 0 Å². The Kier molecular flexibility index (Phi) is 3.97. The zero-order chi connectivity index (χ0) is 17.6. The molecule has 1 aliphatic heterocycles. The molecule has 3 aromatic rings. The van der Waals surface area contributed by atoms with E-state index in [1.54, 1.807) is 11.3 Å². The van der Waals surface area contributed by atoms with Crippen molar-refractivity contribution in [2.75, 3.05) is 19.4 Å². The van der Waals surface area contributed by atoms with Gasteiger partial charge in [0.2, 0.25) is 0 Å². The summed E-state index contributed by atoms with van der Waals surface area (Å²) in [6.07, 6.45) is 0.863. The van der Waals surface area contributed by atoms with Crippen LogP contribution in [0.5, 0.6) is 5.75 Å². The molecule has 0 aliphatic carbocycles. The summed E-state index contributed by atoms with van der Waals surface area (Å²) in [5.41, 5.74) is 2.09. The van der Waals surface area contributed by atoms with Crippen LogP contribution >= 0.6 is 11.3 Å². The van der Waals surface area contributed by atoms with Gasteiger partial charge in [-0.2, -0.15) is 0 Å². The molecule has 0 saturated carbocycles. The summed E-state index contributed by atoms with van der Waals surface area (Å²) >= 11 is 1.59. The van der Waals surface area contributed by atoms with Crippen molar-refractivity contribution in [1.29, 1.82) is 0 Å². The zero-order valence-corrected chi connectivity index (χ0v) is 15.1. The number of aromatic nitrogens is 2. The Labute approximate surface area is 149 Å². The standard InChI is InChI=1S/C18H20N4O2S/c1-11-3-5-12(6-4-11)24-10-15-20-17-16(18(23)22(15)19)13-7-8-21(2)9-14(13)25-17/h3-6H,7-10,19H2,1-2H3. The van der Waals surface area contributed by atoms with Crippen LogP contribution in [-0.2, 0) is 19.6 Å². The van der Waals surface area contributed by atoms with Gasteiger partial charge in [-0.05, 0) is 38.1 Å². The van der Waals surface area contributed by atoms with Gasteiger partial charge in [0.1, 0.15) is 17.2 Å². The van der Waals surface area contributed by atoms with Gasteiger partial charge in [-0.15, -0.1) is 11.3 Å². The smallest absolute Gasteiger partial charge is 0.281 e. The van der Waals surface area contributed by atoms with E-state index in [0.717, 1.165) is 45.9 Å². The molecular weight excluding hydrogens is 336 g/mol. The quantitative estimate of drug-likeness (QED) is 0.727. The highest BCUT2D eigenvalue weighted by molar-refractivity contribution is 7.18. The van der Waals surface area contributed by atoms with Crippen molar-refractivity contribution in [1.82, 2.24) is 14.6 Å². The van der Waals surface area contributed by atoms with Crippen LogP contribution in [0.25, 0.3) is 10.2 Å². The molecule has 130 valence electrons. The second-order valence-corrected chi connectivity index (χ2v) is 7.56. The molecule has 0 amide bonds. The SMILES string of the molecule is Cc1ccc(OCc2nc3sc4c(c3c(=O)n2N)CCN(C)C4)cc1. The zero-order valence-electron chi connectivity index (χ0n) is 14.3. The van der Waals surface area contributed by atoms with Crippen LogP contribution in [0, 0.1) is 6.92 Å². The van der Waals surface area contributed by atoms with E-state index in [4.69, 9.17) is 10.6 Å². The average molecular weight is 356 g/mol. The summed E-state index contributed by atoms with van der Waals surface area (Å²) < 4.78 is 6.87. The third kappa shape index (κ3) is 2.89.